The minimum Gasteiger partial charge on any atom is -0.508 e. The molecule has 0 unspecified atom stereocenters. The van der Waals surface area contributed by atoms with E-state index in [9.17, 15) is 14.7 Å². The highest BCUT2D eigenvalue weighted by Crippen LogP contribution is 2.29. The summed E-state index contributed by atoms with van der Waals surface area (Å²) in [5.74, 6) is 0.152. The second-order valence-electron chi connectivity index (χ2n) is 7.41. The third-order valence-electron chi connectivity index (χ3n) is 4.94. The van der Waals surface area contributed by atoms with Gasteiger partial charge < -0.3 is 25.7 Å². The van der Waals surface area contributed by atoms with Crippen LogP contribution < -0.4 is 10.6 Å². The van der Waals surface area contributed by atoms with Gasteiger partial charge in [0.1, 0.15) is 17.2 Å². The van der Waals surface area contributed by atoms with Crippen molar-refractivity contribution in [3.8, 4) is 5.75 Å². The first-order valence-corrected chi connectivity index (χ1v) is 10.7. The van der Waals surface area contributed by atoms with Crippen molar-refractivity contribution < 1.29 is 19.8 Å². The molecule has 0 saturated heterocycles. The molecule has 0 saturated carbocycles. The Morgan fingerprint density at radius 1 is 1.22 bits per heavy atom. The van der Waals surface area contributed by atoms with Gasteiger partial charge in [0.15, 0.2) is 10.9 Å². The number of amides is 2. The van der Waals surface area contributed by atoms with E-state index in [0.717, 1.165) is 11.1 Å². The number of aliphatic hydroxyl groups is 1. The molecule has 10 nitrogen and oxygen atoms in total. The van der Waals surface area contributed by atoms with Crippen molar-refractivity contribution in [3.05, 3.63) is 46.1 Å². The van der Waals surface area contributed by atoms with E-state index in [2.05, 4.69) is 20.7 Å². The van der Waals surface area contributed by atoms with Crippen molar-refractivity contribution in [1.29, 1.82) is 0 Å². The minimum atomic E-state index is -0.327. The number of likely N-dealkylation sites (N-methyl/N-ethyl adjacent to an activating group) is 1. The molecule has 0 aliphatic heterocycles. The highest BCUT2D eigenvalue weighted by molar-refractivity contribution is 7.17. The number of hydrogen-bond acceptors (Lipinski definition) is 8. The van der Waals surface area contributed by atoms with E-state index in [1.807, 2.05) is 13.8 Å². The number of phenolic OH excluding ortho intramolecular Hbond substituents is 1. The number of aryl methyl sites for hydroxylation is 2. The molecule has 32 heavy (non-hydrogen) atoms. The van der Waals surface area contributed by atoms with E-state index in [0.29, 0.717) is 27.1 Å². The first kappa shape index (κ1) is 23.2. The highest BCUT2D eigenvalue weighted by Gasteiger charge is 2.17. The fourth-order valence-electron chi connectivity index (χ4n) is 3.00. The van der Waals surface area contributed by atoms with Gasteiger partial charge in [0.2, 0.25) is 5.91 Å². The molecule has 4 N–H and O–H groups in total. The maximum absolute atomic E-state index is 12.7. The normalized spacial score (nSPS) is 10.8. The molecule has 170 valence electrons. The smallest absolute Gasteiger partial charge is 0.267 e. The molecule has 0 fully saturated rings. The number of aliphatic hydroxyl groups excluding tert-OH is 1. The molecule has 2 heterocycles. The van der Waals surface area contributed by atoms with Gasteiger partial charge in [0.25, 0.3) is 5.91 Å². The first-order valence-electron chi connectivity index (χ1n) is 9.91. The zero-order chi connectivity index (χ0) is 23.4. The van der Waals surface area contributed by atoms with E-state index in [1.165, 1.54) is 27.1 Å². The second-order valence-corrected chi connectivity index (χ2v) is 8.44. The van der Waals surface area contributed by atoms with Crippen LogP contribution in [-0.2, 0) is 11.3 Å². The molecular formula is C21H26N6O4S. The first-order chi connectivity index (χ1) is 15.2. The summed E-state index contributed by atoms with van der Waals surface area (Å²) in [6.07, 6.45) is 3.21. The fraction of sp³-hybridized carbons (Fsp3) is 0.333. The third-order valence-corrected chi connectivity index (χ3v) is 5.85. The summed E-state index contributed by atoms with van der Waals surface area (Å²) in [6, 6.07) is 3.33. The van der Waals surface area contributed by atoms with E-state index in [1.54, 1.807) is 32.3 Å². The lowest BCUT2D eigenvalue weighted by molar-refractivity contribution is -0.131. The number of carbonyl (C=O) groups is 2. The summed E-state index contributed by atoms with van der Waals surface area (Å²) in [5, 5.41) is 29.6. The van der Waals surface area contributed by atoms with Crippen molar-refractivity contribution >= 4 is 39.8 Å². The molecule has 0 atom stereocenters. The summed E-state index contributed by atoms with van der Waals surface area (Å²) in [7, 11) is 1.62. The third kappa shape index (κ3) is 5.24. The van der Waals surface area contributed by atoms with Crippen molar-refractivity contribution in [1.82, 2.24) is 19.7 Å². The number of nitrogens with one attached hydrogen (secondary N) is 2. The van der Waals surface area contributed by atoms with Crippen LogP contribution in [0.1, 0.15) is 26.4 Å². The van der Waals surface area contributed by atoms with Crippen LogP contribution >= 0.6 is 11.3 Å². The Bertz CT molecular complexity index is 1140. The molecule has 2 aromatic heterocycles. The molecule has 3 rings (SSSR count). The summed E-state index contributed by atoms with van der Waals surface area (Å²) in [5.41, 5.74) is 2.83. The van der Waals surface area contributed by atoms with Crippen molar-refractivity contribution in [2.24, 2.45) is 0 Å². The SMILES string of the molecule is Cc1cn(CC(=O)N(C)CCO)nc1Nc1ncc(C(=O)Nc2c(C)ccc(O)c2C)s1. The van der Waals surface area contributed by atoms with Crippen LogP contribution in [0.5, 0.6) is 5.75 Å². The van der Waals surface area contributed by atoms with Crippen LogP contribution in [0.25, 0.3) is 0 Å². The topological polar surface area (TPSA) is 133 Å². The highest BCUT2D eigenvalue weighted by atomic mass is 32.1. The van der Waals surface area contributed by atoms with Gasteiger partial charge in [-0.25, -0.2) is 4.98 Å². The van der Waals surface area contributed by atoms with Gasteiger partial charge in [-0.05, 0) is 32.4 Å². The number of nitrogens with zero attached hydrogens (tertiary/aromatic N) is 4. The van der Waals surface area contributed by atoms with Gasteiger partial charge in [-0.2, -0.15) is 5.10 Å². The Morgan fingerprint density at radius 2 is 1.97 bits per heavy atom. The zero-order valence-corrected chi connectivity index (χ0v) is 19.2. The largest absolute Gasteiger partial charge is 0.508 e. The molecular weight excluding hydrogens is 432 g/mol. The quantitative estimate of drug-likeness (QED) is 0.407. The van der Waals surface area contributed by atoms with E-state index >= 15 is 0 Å². The fourth-order valence-corrected chi connectivity index (χ4v) is 3.71. The Morgan fingerprint density at radius 3 is 2.69 bits per heavy atom. The predicted octanol–water partition coefficient (Wildman–Crippen LogP) is 2.42. The number of carbonyl (C=O) groups excluding carboxylic acids is 2. The van der Waals surface area contributed by atoms with Crippen molar-refractivity contribution in [3.63, 3.8) is 0 Å². The Balaban J connectivity index is 1.68. The van der Waals surface area contributed by atoms with Gasteiger partial charge >= 0.3 is 0 Å². The predicted molar refractivity (Wildman–Crippen MR) is 123 cm³/mol. The molecule has 3 aromatic rings. The lowest BCUT2D eigenvalue weighted by atomic mass is 10.1. The van der Waals surface area contributed by atoms with Gasteiger partial charge in [-0.3, -0.25) is 14.3 Å². The van der Waals surface area contributed by atoms with Crippen LogP contribution in [0.3, 0.4) is 0 Å². The van der Waals surface area contributed by atoms with Gasteiger partial charge in [0.05, 0.1) is 18.5 Å². The molecule has 2 amide bonds. The van der Waals surface area contributed by atoms with Crippen LogP contribution in [0.2, 0.25) is 0 Å². The zero-order valence-electron chi connectivity index (χ0n) is 18.3. The Kier molecular flexibility index (Phi) is 7.11. The monoisotopic (exact) mass is 458 g/mol. The summed E-state index contributed by atoms with van der Waals surface area (Å²) >= 11 is 1.17. The van der Waals surface area contributed by atoms with Crippen LogP contribution in [0.4, 0.5) is 16.6 Å². The van der Waals surface area contributed by atoms with E-state index < -0.39 is 0 Å². The van der Waals surface area contributed by atoms with E-state index in [-0.39, 0.29) is 37.3 Å². The maximum Gasteiger partial charge on any atom is 0.267 e. The second kappa shape index (κ2) is 9.79. The maximum atomic E-state index is 12.7. The van der Waals surface area contributed by atoms with Gasteiger partial charge in [-0.15, -0.1) is 0 Å². The number of anilines is 3. The minimum absolute atomic E-state index is 0.0488. The number of aromatic nitrogens is 3. The molecule has 11 heteroatoms. The number of benzene rings is 1. The standard InChI is InChI=1S/C21H26N6O4S/c1-12-5-6-15(29)14(3)18(12)23-20(31)16-9-22-21(32-16)24-19-13(2)10-27(25-19)11-17(30)26(4)7-8-28/h5-6,9-10,28-29H,7-8,11H2,1-4H3,(H,23,31)(H,22,24,25). The molecule has 0 aliphatic rings. The lowest BCUT2D eigenvalue weighted by Gasteiger charge is -2.15. The molecule has 0 bridgehead atoms. The number of hydrogen-bond donors (Lipinski definition) is 4. The Labute approximate surface area is 189 Å². The molecule has 0 aliphatic carbocycles. The Hall–Kier alpha value is -3.44. The van der Waals surface area contributed by atoms with Gasteiger partial charge in [0, 0.05) is 30.9 Å². The lowest BCUT2D eigenvalue weighted by Crippen LogP contribution is -2.32. The average molecular weight is 459 g/mol. The van der Waals surface area contributed by atoms with Crippen LogP contribution in [0, 0.1) is 20.8 Å². The van der Waals surface area contributed by atoms with Crippen LogP contribution in [-0.4, -0.2) is 61.9 Å². The van der Waals surface area contributed by atoms with Crippen LogP contribution in [0.15, 0.2) is 24.5 Å². The molecule has 1 aromatic carbocycles. The van der Waals surface area contributed by atoms with E-state index in [4.69, 9.17) is 5.11 Å². The number of rotatable bonds is 8. The summed E-state index contributed by atoms with van der Waals surface area (Å²) in [4.78, 5) is 30.9. The van der Waals surface area contributed by atoms with Crippen molar-refractivity contribution in [2.75, 3.05) is 30.8 Å². The number of thiazole rings is 1. The summed E-state index contributed by atoms with van der Waals surface area (Å²) in [6.45, 7) is 5.65. The average Bonchev–Trinajstić information content (AvgIpc) is 3.35. The molecule has 0 radical (unpaired) electrons. The van der Waals surface area contributed by atoms with Gasteiger partial charge in [-0.1, -0.05) is 17.4 Å². The summed E-state index contributed by atoms with van der Waals surface area (Å²) < 4.78 is 1.52. The molecule has 0 spiro atoms. The van der Waals surface area contributed by atoms with Crippen molar-refractivity contribution in [2.45, 2.75) is 27.3 Å². The number of aromatic hydroxyl groups is 1. The number of phenols is 1.